The normalized spacial score (nSPS) is 23.5. The molecule has 166 valence electrons. The lowest BCUT2D eigenvalue weighted by atomic mass is 9.68. The van der Waals surface area contributed by atoms with Crippen molar-refractivity contribution in [1.29, 1.82) is 0 Å². The maximum atomic E-state index is 13.8. The molecule has 0 bridgehead atoms. The number of nitro groups is 1. The molecule has 0 aromatic heterocycles. The summed E-state index contributed by atoms with van der Waals surface area (Å²) in [7, 11) is 0. The highest BCUT2D eigenvalue weighted by molar-refractivity contribution is 6.23. The van der Waals surface area contributed by atoms with E-state index in [4.69, 9.17) is 0 Å². The highest BCUT2D eigenvalue weighted by atomic mass is 16.6. The molecule has 6 nitrogen and oxygen atoms in total. The summed E-state index contributed by atoms with van der Waals surface area (Å²) < 4.78 is 0. The molecular weight excluding hydrogens is 416 g/mol. The molecule has 0 spiro atoms. The molecule has 2 aromatic rings. The third-order valence-electron chi connectivity index (χ3n) is 7.26. The Kier molecular flexibility index (Phi) is 4.10. The Labute approximate surface area is 191 Å². The molecule has 0 radical (unpaired) electrons. The number of carbonyl (C=O) groups is 2. The molecule has 0 amide bonds. The fraction of sp³-hybridized carbons (Fsp3) is 0.333. The topological polar surface area (TPSA) is 80.5 Å². The Hall–Kier alpha value is -3.54. The Morgan fingerprint density at radius 2 is 1.70 bits per heavy atom. The molecule has 4 aliphatic rings. The first-order valence-corrected chi connectivity index (χ1v) is 11.4. The summed E-state index contributed by atoms with van der Waals surface area (Å²) >= 11 is 0. The zero-order valence-corrected chi connectivity index (χ0v) is 18.6. The second-order valence-electron chi connectivity index (χ2n) is 10.3. The van der Waals surface area contributed by atoms with Crippen molar-refractivity contribution < 1.29 is 14.5 Å². The summed E-state index contributed by atoms with van der Waals surface area (Å²) in [5.41, 5.74) is 5.12. The molecule has 1 fully saturated rings. The molecule has 0 N–H and O–H groups in total. The number of ketones is 2. The van der Waals surface area contributed by atoms with E-state index in [-0.39, 0.29) is 28.7 Å². The fourth-order valence-electron chi connectivity index (χ4n) is 5.82. The van der Waals surface area contributed by atoms with Crippen molar-refractivity contribution in [3.8, 4) is 0 Å². The van der Waals surface area contributed by atoms with Crippen molar-refractivity contribution in [2.24, 2.45) is 5.41 Å². The van der Waals surface area contributed by atoms with Crippen molar-refractivity contribution in [1.82, 2.24) is 4.90 Å². The minimum Gasteiger partial charge on any atom is -0.341 e. The van der Waals surface area contributed by atoms with Crippen molar-refractivity contribution in [3.63, 3.8) is 0 Å². The van der Waals surface area contributed by atoms with Gasteiger partial charge in [-0.3, -0.25) is 19.7 Å². The number of hydrogen-bond donors (Lipinski definition) is 0. The van der Waals surface area contributed by atoms with E-state index in [0.717, 1.165) is 36.2 Å². The van der Waals surface area contributed by atoms with E-state index < -0.39 is 10.8 Å². The quantitative estimate of drug-likeness (QED) is 0.471. The minimum absolute atomic E-state index is 0.0343. The number of hydrogen-bond acceptors (Lipinski definition) is 5. The fourth-order valence-corrected chi connectivity index (χ4v) is 5.82. The van der Waals surface area contributed by atoms with Gasteiger partial charge in [0.25, 0.3) is 5.69 Å². The number of allylic oxidation sites excluding steroid dienone is 3. The molecule has 3 aliphatic carbocycles. The number of nitro benzene ring substituents is 1. The number of non-ortho nitro benzene ring substituents is 1. The second kappa shape index (κ2) is 6.73. The van der Waals surface area contributed by atoms with Gasteiger partial charge >= 0.3 is 0 Å². The number of Topliss-reactive ketones (excluding diaryl/α,β-unsaturated/α-hetero) is 2. The van der Waals surface area contributed by atoms with Crippen LogP contribution < -0.4 is 0 Å². The van der Waals surface area contributed by atoms with E-state index >= 15 is 0 Å². The molecule has 33 heavy (non-hydrogen) atoms. The average Bonchev–Trinajstić information content (AvgIpc) is 3.57. The summed E-state index contributed by atoms with van der Waals surface area (Å²) in [6.07, 6.45) is 3.20. The molecule has 1 saturated carbocycles. The number of carbonyl (C=O) groups excluding carboxylic acids is 2. The lowest BCUT2D eigenvalue weighted by Gasteiger charge is -2.44. The zero-order valence-electron chi connectivity index (χ0n) is 18.6. The van der Waals surface area contributed by atoms with Gasteiger partial charge in [-0.25, -0.2) is 0 Å². The van der Waals surface area contributed by atoms with Crippen LogP contribution in [0.4, 0.5) is 5.69 Å². The van der Waals surface area contributed by atoms with Crippen molar-refractivity contribution in [2.45, 2.75) is 51.5 Å². The average molecular weight is 440 g/mol. The van der Waals surface area contributed by atoms with E-state index in [1.165, 1.54) is 12.1 Å². The summed E-state index contributed by atoms with van der Waals surface area (Å²) in [6, 6.07) is 14.3. The highest BCUT2D eigenvalue weighted by Gasteiger charge is 2.51. The van der Waals surface area contributed by atoms with Gasteiger partial charge in [-0.15, -0.1) is 0 Å². The van der Waals surface area contributed by atoms with Crippen LogP contribution in [0, 0.1) is 15.5 Å². The van der Waals surface area contributed by atoms with Crippen LogP contribution in [0.15, 0.2) is 65.4 Å². The summed E-state index contributed by atoms with van der Waals surface area (Å²) in [5.74, 6) is -0.626. The van der Waals surface area contributed by atoms with Gasteiger partial charge in [0.05, 0.1) is 10.6 Å². The van der Waals surface area contributed by atoms with Gasteiger partial charge in [0.2, 0.25) is 0 Å². The zero-order chi connectivity index (χ0) is 23.1. The van der Waals surface area contributed by atoms with Crippen LogP contribution in [0.1, 0.15) is 66.9 Å². The number of rotatable bonds is 3. The largest absolute Gasteiger partial charge is 0.341 e. The van der Waals surface area contributed by atoms with E-state index in [0.29, 0.717) is 28.7 Å². The third kappa shape index (κ3) is 2.93. The van der Waals surface area contributed by atoms with E-state index in [9.17, 15) is 19.7 Å². The predicted octanol–water partition coefficient (Wildman–Crippen LogP) is 5.41. The van der Waals surface area contributed by atoms with Crippen LogP contribution in [0.2, 0.25) is 0 Å². The molecule has 1 unspecified atom stereocenters. The van der Waals surface area contributed by atoms with Crippen LogP contribution in [0.25, 0.3) is 5.70 Å². The molecule has 2 aromatic carbocycles. The third-order valence-corrected chi connectivity index (χ3v) is 7.26. The van der Waals surface area contributed by atoms with Crippen LogP contribution in [0.5, 0.6) is 0 Å². The second-order valence-corrected chi connectivity index (χ2v) is 10.3. The van der Waals surface area contributed by atoms with E-state index in [2.05, 4.69) is 18.7 Å². The van der Waals surface area contributed by atoms with Crippen LogP contribution in [-0.2, 0) is 4.79 Å². The van der Waals surface area contributed by atoms with Gasteiger partial charge < -0.3 is 4.90 Å². The van der Waals surface area contributed by atoms with Gasteiger partial charge in [0, 0.05) is 58.5 Å². The predicted molar refractivity (Wildman–Crippen MR) is 123 cm³/mol. The van der Waals surface area contributed by atoms with Crippen molar-refractivity contribution in [3.05, 3.63) is 92.2 Å². The first-order chi connectivity index (χ1) is 15.8. The van der Waals surface area contributed by atoms with Crippen molar-refractivity contribution >= 4 is 23.0 Å². The molecule has 0 saturated heterocycles. The molecular formula is C27H24N2O4. The molecule has 6 heteroatoms. The molecule has 6 rings (SSSR count). The Morgan fingerprint density at radius 1 is 0.970 bits per heavy atom. The minimum atomic E-state index is -0.589. The summed E-state index contributed by atoms with van der Waals surface area (Å²) in [5, 5.41) is 11.5. The van der Waals surface area contributed by atoms with E-state index in [1.807, 2.05) is 30.3 Å². The molecule has 1 heterocycles. The van der Waals surface area contributed by atoms with Gasteiger partial charge in [-0.2, -0.15) is 0 Å². The van der Waals surface area contributed by atoms with Crippen LogP contribution >= 0.6 is 0 Å². The highest BCUT2D eigenvalue weighted by Crippen LogP contribution is 2.57. The van der Waals surface area contributed by atoms with Crippen LogP contribution in [0.3, 0.4) is 0 Å². The first kappa shape index (κ1) is 20.1. The van der Waals surface area contributed by atoms with Gasteiger partial charge in [-0.05, 0) is 30.2 Å². The van der Waals surface area contributed by atoms with E-state index in [1.54, 1.807) is 6.07 Å². The van der Waals surface area contributed by atoms with Gasteiger partial charge in [-0.1, -0.05) is 50.2 Å². The van der Waals surface area contributed by atoms with Gasteiger partial charge in [0.15, 0.2) is 11.6 Å². The smallest absolute Gasteiger partial charge is 0.269 e. The number of nitrogens with zero attached hydrogens (tertiary/aromatic N) is 2. The number of fused-ring (bicyclic) bond motifs is 2. The Balaban J connectivity index is 1.65. The Morgan fingerprint density at radius 3 is 2.39 bits per heavy atom. The monoisotopic (exact) mass is 440 g/mol. The molecule has 1 aliphatic heterocycles. The lowest BCUT2D eigenvalue weighted by molar-refractivity contribution is -0.384. The molecule has 1 atom stereocenters. The number of benzene rings is 2. The first-order valence-electron chi connectivity index (χ1n) is 11.4. The maximum absolute atomic E-state index is 13.8. The maximum Gasteiger partial charge on any atom is 0.269 e. The van der Waals surface area contributed by atoms with Gasteiger partial charge in [0.1, 0.15) is 0 Å². The summed E-state index contributed by atoms with van der Waals surface area (Å²) in [6.45, 7) is 4.22. The lowest BCUT2D eigenvalue weighted by Crippen LogP contribution is -2.40. The Bertz CT molecular complexity index is 1330. The SMILES string of the molecule is CC1(C)CC(=O)C2=C(C1)N(C1CC1)C1=C(C(=O)c3ccccc31)C2c1cccc([N+](=O)[O-])c1. The van der Waals surface area contributed by atoms with Crippen molar-refractivity contribution in [2.75, 3.05) is 0 Å². The standard InChI is InChI=1S/C27H24N2O4/c1-27(2)13-20-23(21(30)14-27)22(15-6-5-7-17(12-15)29(32)33)24-25(28(20)16-10-11-16)18-8-3-4-9-19(18)26(24)31/h3-9,12,16,22H,10-11,13-14H2,1-2H3. The summed E-state index contributed by atoms with van der Waals surface area (Å²) in [4.78, 5) is 40.8. The van der Waals surface area contributed by atoms with Crippen LogP contribution in [-0.4, -0.2) is 27.4 Å².